The van der Waals surface area contributed by atoms with Gasteiger partial charge in [-0.3, -0.25) is 4.79 Å². The van der Waals surface area contributed by atoms with Crippen molar-refractivity contribution in [3.8, 4) is 0 Å². The van der Waals surface area contributed by atoms with Crippen molar-refractivity contribution in [1.29, 1.82) is 0 Å². The summed E-state index contributed by atoms with van der Waals surface area (Å²) in [7, 11) is 1.87. The Labute approximate surface area is 108 Å². The van der Waals surface area contributed by atoms with Gasteiger partial charge in [-0.05, 0) is 17.7 Å². The molecule has 4 nitrogen and oxygen atoms in total. The molecular weight excluding hydrogens is 252 g/mol. The summed E-state index contributed by atoms with van der Waals surface area (Å²) in [6.07, 6.45) is 3.72. The molecule has 0 spiro atoms. The van der Waals surface area contributed by atoms with E-state index in [1.165, 1.54) is 0 Å². The lowest BCUT2D eigenvalue weighted by Gasteiger charge is -2.08. The van der Waals surface area contributed by atoms with Gasteiger partial charge in [0.15, 0.2) is 0 Å². The SMILES string of the molecule is Cn1ccc(CNc2cc(C(N)=O)c(F)cc2F)c1. The zero-order valence-electron chi connectivity index (χ0n) is 10.3. The number of rotatable bonds is 4. The van der Waals surface area contributed by atoms with Crippen LogP contribution in [-0.4, -0.2) is 10.5 Å². The molecule has 100 valence electrons. The van der Waals surface area contributed by atoms with Crippen LogP contribution >= 0.6 is 0 Å². The molecule has 0 bridgehead atoms. The number of carbonyl (C=O) groups excluding carboxylic acids is 1. The number of anilines is 1. The van der Waals surface area contributed by atoms with Gasteiger partial charge in [-0.2, -0.15) is 0 Å². The Bertz CT molecular complexity index is 622. The van der Waals surface area contributed by atoms with Gasteiger partial charge in [0.1, 0.15) is 11.6 Å². The average molecular weight is 265 g/mol. The van der Waals surface area contributed by atoms with E-state index in [1.54, 1.807) is 0 Å². The van der Waals surface area contributed by atoms with Crippen molar-refractivity contribution in [3.05, 3.63) is 53.4 Å². The third-order valence-corrected chi connectivity index (χ3v) is 2.70. The second-order valence-electron chi connectivity index (χ2n) is 4.21. The summed E-state index contributed by atoms with van der Waals surface area (Å²) < 4.78 is 28.7. The largest absolute Gasteiger partial charge is 0.379 e. The Hall–Kier alpha value is -2.37. The summed E-state index contributed by atoms with van der Waals surface area (Å²) in [6.45, 7) is 0.363. The summed E-state index contributed by atoms with van der Waals surface area (Å²) in [5, 5.41) is 2.80. The average Bonchev–Trinajstić information content (AvgIpc) is 2.73. The monoisotopic (exact) mass is 265 g/mol. The van der Waals surface area contributed by atoms with Gasteiger partial charge >= 0.3 is 0 Å². The van der Waals surface area contributed by atoms with E-state index >= 15 is 0 Å². The Balaban J connectivity index is 2.20. The van der Waals surface area contributed by atoms with Crippen molar-refractivity contribution >= 4 is 11.6 Å². The maximum atomic E-state index is 13.5. The zero-order valence-corrected chi connectivity index (χ0v) is 10.3. The van der Waals surface area contributed by atoms with Crippen molar-refractivity contribution in [2.75, 3.05) is 5.32 Å². The number of hydrogen-bond donors (Lipinski definition) is 2. The van der Waals surface area contributed by atoms with Crippen molar-refractivity contribution < 1.29 is 13.6 Å². The molecule has 0 fully saturated rings. The lowest BCUT2D eigenvalue weighted by Crippen LogP contribution is -2.14. The molecule has 0 atom stereocenters. The molecule has 3 N–H and O–H groups in total. The number of nitrogens with zero attached hydrogens (tertiary/aromatic N) is 1. The number of primary amides is 1. The molecule has 19 heavy (non-hydrogen) atoms. The summed E-state index contributed by atoms with van der Waals surface area (Å²) in [4.78, 5) is 11.0. The molecular formula is C13H13F2N3O. The number of hydrogen-bond acceptors (Lipinski definition) is 2. The van der Waals surface area contributed by atoms with Crippen LogP contribution in [0.2, 0.25) is 0 Å². The van der Waals surface area contributed by atoms with Crippen LogP contribution in [0, 0.1) is 11.6 Å². The van der Waals surface area contributed by atoms with Gasteiger partial charge in [-0.25, -0.2) is 8.78 Å². The Morgan fingerprint density at radius 3 is 2.68 bits per heavy atom. The van der Waals surface area contributed by atoms with E-state index in [-0.39, 0.29) is 11.3 Å². The molecule has 0 aliphatic carbocycles. The highest BCUT2D eigenvalue weighted by molar-refractivity contribution is 5.94. The maximum Gasteiger partial charge on any atom is 0.251 e. The van der Waals surface area contributed by atoms with Gasteiger partial charge in [0.05, 0.1) is 11.3 Å². The third-order valence-electron chi connectivity index (χ3n) is 2.70. The van der Waals surface area contributed by atoms with Crippen LogP contribution in [0.25, 0.3) is 0 Å². The van der Waals surface area contributed by atoms with E-state index in [0.29, 0.717) is 12.6 Å². The highest BCUT2D eigenvalue weighted by Gasteiger charge is 2.13. The number of aromatic nitrogens is 1. The number of carbonyl (C=O) groups is 1. The molecule has 0 aliphatic rings. The first-order valence-electron chi connectivity index (χ1n) is 5.61. The lowest BCUT2D eigenvalue weighted by atomic mass is 10.1. The van der Waals surface area contributed by atoms with Crippen LogP contribution < -0.4 is 11.1 Å². The fraction of sp³-hybridized carbons (Fsp3) is 0.154. The van der Waals surface area contributed by atoms with Gasteiger partial charge in [0.25, 0.3) is 5.91 Å². The normalized spacial score (nSPS) is 10.5. The number of halogens is 2. The van der Waals surface area contributed by atoms with Crippen LogP contribution in [0.5, 0.6) is 0 Å². The fourth-order valence-electron chi connectivity index (χ4n) is 1.74. The molecule has 0 saturated heterocycles. The first-order chi connectivity index (χ1) is 8.97. The second-order valence-corrected chi connectivity index (χ2v) is 4.21. The van der Waals surface area contributed by atoms with E-state index in [9.17, 15) is 13.6 Å². The number of nitrogens with one attached hydrogen (secondary N) is 1. The van der Waals surface area contributed by atoms with E-state index in [4.69, 9.17) is 5.73 Å². The molecule has 0 aliphatic heterocycles. The standard InChI is InChI=1S/C13H13F2N3O/c1-18-3-2-8(7-18)6-17-12-4-9(13(16)19)10(14)5-11(12)15/h2-5,7,17H,6H2,1H3,(H2,16,19). The Morgan fingerprint density at radius 2 is 2.11 bits per heavy atom. The molecule has 1 aromatic heterocycles. The highest BCUT2D eigenvalue weighted by atomic mass is 19.1. The quantitative estimate of drug-likeness (QED) is 0.888. The van der Waals surface area contributed by atoms with Gasteiger partial charge in [0, 0.05) is 32.1 Å². The number of benzene rings is 1. The van der Waals surface area contributed by atoms with Crippen LogP contribution in [0.15, 0.2) is 30.6 Å². The third kappa shape index (κ3) is 2.90. The smallest absolute Gasteiger partial charge is 0.251 e. The van der Waals surface area contributed by atoms with E-state index in [1.807, 2.05) is 30.1 Å². The summed E-state index contributed by atoms with van der Waals surface area (Å²) in [5.41, 5.74) is 5.65. The van der Waals surface area contributed by atoms with Crippen LogP contribution in [0.4, 0.5) is 14.5 Å². The summed E-state index contributed by atoms with van der Waals surface area (Å²) >= 11 is 0. The Morgan fingerprint density at radius 1 is 1.37 bits per heavy atom. The topological polar surface area (TPSA) is 60.1 Å². The Kier molecular flexibility index (Phi) is 3.50. The minimum absolute atomic E-state index is 0.0408. The van der Waals surface area contributed by atoms with Crippen LogP contribution in [-0.2, 0) is 13.6 Å². The van der Waals surface area contributed by atoms with Crippen molar-refractivity contribution in [2.45, 2.75) is 6.54 Å². The number of amides is 1. The number of nitrogens with two attached hydrogens (primary N) is 1. The first-order valence-corrected chi connectivity index (χ1v) is 5.61. The zero-order chi connectivity index (χ0) is 14.0. The van der Waals surface area contributed by atoms with Crippen molar-refractivity contribution in [1.82, 2.24) is 4.57 Å². The van der Waals surface area contributed by atoms with Crippen molar-refractivity contribution in [3.63, 3.8) is 0 Å². The molecule has 0 radical (unpaired) electrons. The predicted octanol–water partition coefficient (Wildman–Crippen LogP) is 2.01. The minimum atomic E-state index is -0.963. The number of aryl methyl sites for hydroxylation is 1. The lowest BCUT2D eigenvalue weighted by molar-refractivity contribution is 0.0996. The molecule has 2 aromatic rings. The van der Waals surface area contributed by atoms with E-state index in [0.717, 1.165) is 11.6 Å². The molecule has 0 saturated carbocycles. The molecule has 1 amide bonds. The second kappa shape index (κ2) is 5.09. The van der Waals surface area contributed by atoms with Crippen LogP contribution in [0.3, 0.4) is 0 Å². The van der Waals surface area contributed by atoms with Gasteiger partial charge in [-0.1, -0.05) is 0 Å². The van der Waals surface area contributed by atoms with E-state index < -0.39 is 17.5 Å². The van der Waals surface area contributed by atoms with E-state index in [2.05, 4.69) is 5.32 Å². The van der Waals surface area contributed by atoms with Crippen molar-refractivity contribution in [2.24, 2.45) is 12.8 Å². The maximum absolute atomic E-state index is 13.5. The van der Waals surface area contributed by atoms with Gasteiger partial charge < -0.3 is 15.6 Å². The van der Waals surface area contributed by atoms with Gasteiger partial charge in [-0.15, -0.1) is 0 Å². The first kappa shape index (κ1) is 13.1. The molecule has 1 heterocycles. The fourth-order valence-corrected chi connectivity index (χ4v) is 1.74. The van der Waals surface area contributed by atoms with Gasteiger partial charge in [0.2, 0.25) is 0 Å². The summed E-state index contributed by atoms with van der Waals surface area (Å²) in [6, 6.07) is 3.59. The molecule has 2 rings (SSSR count). The molecule has 6 heteroatoms. The van der Waals surface area contributed by atoms with Crippen LogP contribution in [0.1, 0.15) is 15.9 Å². The summed E-state index contributed by atoms with van der Waals surface area (Å²) in [5.74, 6) is -2.66. The molecule has 0 unspecified atom stereocenters. The highest BCUT2D eigenvalue weighted by Crippen LogP contribution is 2.20. The minimum Gasteiger partial charge on any atom is -0.379 e. The predicted molar refractivity (Wildman–Crippen MR) is 67.6 cm³/mol. The molecule has 1 aromatic carbocycles.